The highest BCUT2D eigenvalue weighted by Gasteiger charge is 2.34. The SMILES string of the molecule is N#Cc1ccc(-c2nnc(CN3CCC[C@H](c4ncc(C(F)(F)F)[nH]4)C3)o2)cc1. The van der Waals surface area contributed by atoms with Crippen LogP contribution in [-0.2, 0) is 12.7 Å². The summed E-state index contributed by atoms with van der Waals surface area (Å²) in [6.07, 6.45) is -1.98. The molecule has 0 radical (unpaired) electrons. The van der Waals surface area contributed by atoms with Gasteiger partial charge in [0.25, 0.3) is 0 Å². The second-order valence-corrected chi connectivity index (χ2v) is 6.94. The van der Waals surface area contributed by atoms with Crippen LogP contribution in [0.2, 0.25) is 0 Å². The van der Waals surface area contributed by atoms with E-state index in [0.29, 0.717) is 36.3 Å². The monoisotopic (exact) mass is 402 g/mol. The van der Waals surface area contributed by atoms with Crippen LogP contribution < -0.4 is 0 Å². The average Bonchev–Trinajstić information content (AvgIpc) is 3.38. The summed E-state index contributed by atoms with van der Waals surface area (Å²) >= 11 is 0. The third kappa shape index (κ3) is 4.30. The number of hydrogen-bond acceptors (Lipinski definition) is 6. The van der Waals surface area contributed by atoms with E-state index in [2.05, 4.69) is 25.1 Å². The van der Waals surface area contributed by atoms with E-state index in [4.69, 9.17) is 9.68 Å². The van der Waals surface area contributed by atoms with Gasteiger partial charge >= 0.3 is 6.18 Å². The Bertz CT molecular complexity index is 1020. The molecule has 7 nitrogen and oxygen atoms in total. The van der Waals surface area contributed by atoms with Crippen LogP contribution in [0.1, 0.15) is 41.7 Å². The Morgan fingerprint density at radius 1 is 1.24 bits per heavy atom. The first-order valence-corrected chi connectivity index (χ1v) is 9.10. The van der Waals surface area contributed by atoms with E-state index in [-0.39, 0.29) is 5.92 Å². The van der Waals surface area contributed by atoms with Crippen LogP contribution in [0.5, 0.6) is 0 Å². The molecule has 3 aromatic rings. The molecule has 29 heavy (non-hydrogen) atoms. The molecule has 0 aliphatic carbocycles. The topological polar surface area (TPSA) is 94.6 Å². The zero-order valence-corrected chi connectivity index (χ0v) is 15.3. The molecular formula is C19H17F3N6O. The van der Waals surface area contributed by atoms with Gasteiger partial charge in [-0.25, -0.2) is 4.98 Å². The highest BCUT2D eigenvalue weighted by atomic mass is 19.4. The number of benzene rings is 1. The Morgan fingerprint density at radius 3 is 2.72 bits per heavy atom. The Kier molecular flexibility index (Phi) is 5.07. The van der Waals surface area contributed by atoms with Gasteiger partial charge in [-0.3, -0.25) is 4.90 Å². The number of hydrogen-bond donors (Lipinski definition) is 1. The van der Waals surface area contributed by atoms with Gasteiger partial charge < -0.3 is 9.40 Å². The summed E-state index contributed by atoms with van der Waals surface area (Å²) in [4.78, 5) is 8.40. The third-order valence-corrected chi connectivity index (χ3v) is 4.88. The lowest BCUT2D eigenvalue weighted by Gasteiger charge is -2.30. The molecule has 0 unspecified atom stereocenters. The first-order chi connectivity index (χ1) is 13.9. The van der Waals surface area contributed by atoms with Gasteiger partial charge in [0.1, 0.15) is 11.5 Å². The fourth-order valence-corrected chi connectivity index (χ4v) is 3.42. The Morgan fingerprint density at radius 2 is 2.03 bits per heavy atom. The molecule has 0 amide bonds. The first kappa shape index (κ1) is 19.1. The molecule has 0 bridgehead atoms. The highest BCUT2D eigenvalue weighted by Crippen LogP contribution is 2.31. The summed E-state index contributed by atoms with van der Waals surface area (Å²) in [5.74, 6) is 1.03. The Labute approximate surface area is 164 Å². The van der Waals surface area contributed by atoms with E-state index in [0.717, 1.165) is 31.1 Å². The number of imidazole rings is 1. The molecule has 0 spiro atoms. The third-order valence-electron chi connectivity index (χ3n) is 4.88. The molecule has 3 heterocycles. The summed E-state index contributed by atoms with van der Waals surface area (Å²) in [5, 5.41) is 17.0. The van der Waals surface area contributed by atoms with Crippen molar-refractivity contribution in [1.82, 2.24) is 25.1 Å². The lowest BCUT2D eigenvalue weighted by atomic mass is 9.97. The fraction of sp³-hybridized carbons (Fsp3) is 0.368. The molecule has 10 heteroatoms. The van der Waals surface area contributed by atoms with Crippen LogP contribution in [0.15, 0.2) is 34.9 Å². The van der Waals surface area contributed by atoms with Gasteiger partial charge in [-0.05, 0) is 43.7 Å². The largest absolute Gasteiger partial charge is 0.432 e. The summed E-state index contributed by atoms with van der Waals surface area (Å²) in [7, 11) is 0. The molecule has 150 valence electrons. The van der Waals surface area contributed by atoms with Crippen molar-refractivity contribution in [3.63, 3.8) is 0 Å². The number of nitrogens with one attached hydrogen (secondary N) is 1. The molecule has 1 aliphatic heterocycles. The average molecular weight is 402 g/mol. The van der Waals surface area contributed by atoms with E-state index < -0.39 is 11.9 Å². The molecule has 2 aromatic heterocycles. The smallest absolute Gasteiger partial charge is 0.419 e. The maximum atomic E-state index is 12.8. The van der Waals surface area contributed by atoms with Gasteiger partial charge in [-0.15, -0.1) is 10.2 Å². The summed E-state index contributed by atoms with van der Waals surface area (Å²) in [6, 6.07) is 8.87. The number of nitriles is 1. The van der Waals surface area contributed by atoms with Gasteiger partial charge in [-0.1, -0.05) is 0 Å². The molecule has 1 N–H and O–H groups in total. The van der Waals surface area contributed by atoms with E-state index in [1.165, 1.54) is 0 Å². The minimum Gasteiger partial charge on any atom is -0.419 e. The number of rotatable bonds is 4. The molecule has 1 aliphatic rings. The van der Waals surface area contributed by atoms with Crippen molar-refractivity contribution in [2.45, 2.75) is 31.5 Å². The minimum absolute atomic E-state index is 0.110. The summed E-state index contributed by atoms with van der Waals surface area (Å²) < 4.78 is 44.1. The van der Waals surface area contributed by atoms with Crippen LogP contribution in [-0.4, -0.2) is 38.2 Å². The van der Waals surface area contributed by atoms with Crippen molar-refractivity contribution < 1.29 is 17.6 Å². The zero-order chi connectivity index (χ0) is 20.4. The van der Waals surface area contributed by atoms with Crippen molar-refractivity contribution in [1.29, 1.82) is 5.26 Å². The van der Waals surface area contributed by atoms with E-state index in [1.54, 1.807) is 24.3 Å². The normalized spacial score (nSPS) is 17.9. The second kappa shape index (κ2) is 7.67. The predicted octanol–water partition coefficient (Wildman–Crippen LogP) is 3.73. The summed E-state index contributed by atoms with van der Waals surface area (Å²) in [6.45, 7) is 1.75. The number of likely N-dealkylation sites (tertiary alicyclic amines) is 1. The van der Waals surface area contributed by atoms with Crippen molar-refractivity contribution in [3.05, 3.63) is 53.4 Å². The molecule has 1 aromatic carbocycles. The molecule has 1 fully saturated rings. The lowest BCUT2D eigenvalue weighted by molar-refractivity contribution is -0.141. The van der Waals surface area contributed by atoms with Crippen molar-refractivity contribution in [2.24, 2.45) is 0 Å². The van der Waals surface area contributed by atoms with Crippen LogP contribution in [0.25, 0.3) is 11.5 Å². The van der Waals surface area contributed by atoms with Gasteiger partial charge in [0.2, 0.25) is 11.8 Å². The van der Waals surface area contributed by atoms with E-state index in [9.17, 15) is 13.2 Å². The van der Waals surface area contributed by atoms with Gasteiger partial charge in [0, 0.05) is 18.0 Å². The number of H-pyrrole nitrogens is 1. The van der Waals surface area contributed by atoms with Crippen LogP contribution in [0.3, 0.4) is 0 Å². The van der Waals surface area contributed by atoms with Gasteiger partial charge in [0.15, 0.2) is 0 Å². The number of aromatic amines is 1. The predicted molar refractivity (Wildman–Crippen MR) is 95.3 cm³/mol. The maximum absolute atomic E-state index is 12.8. The summed E-state index contributed by atoms with van der Waals surface area (Å²) in [5.41, 5.74) is 0.433. The molecule has 4 rings (SSSR count). The second-order valence-electron chi connectivity index (χ2n) is 6.94. The van der Waals surface area contributed by atoms with Crippen LogP contribution >= 0.6 is 0 Å². The first-order valence-electron chi connectivity index (χ1n) is 9.10. The van der Waals surface area contributed by atoms with Crippen molar-refractivity contribution in [3.8, 4) is 17.5 Å². The standard InChI is InChI=1S/C19H17F3N6O/c20-19(21,22)15-9-24-17(25-15)14-2-1-7-28(10-14)11-16-26-27-18(29-16)13-5-3-12(8-23)4-6-13/h3-6,9,14H,1-2,7,10-11H2,(H,24,25)/t14-/m0/s1. The number of nitrogens with zero attached hydrogens (tertiary/aromatic N) is 5. The van der Waals surface area contributed by atoms with Gasteiger partial charge in [0.05, 0.1) is 24.4 Å². The van der Waals surface area contributed by atoms with E-state index >= 15 is 0 Å². The quantitative estimate of drug-likeness (QED) is 0.715. The molecule has 1 atom stereocenters. The number of piperidine rings is 1. The number of alkyl halides is 3. The molecular weight excluding hydrogens is 385 g/mol. The Balaban J connectivity index is 1.41. The number of aromatic nitrogens is 4. The zero-order valence-electron chi connectivity index (χ0n) is 15.3. The molecule has 1 saturated heterocycles. The lowest BCUT2D eigenvalue weighted by Crippen LogP contribution is -2.34. The van der Waals surface area contributed by atoms with E-state index in [1.807, 2.05) is 6.07 Å². The van der Waals surface area contributed by atoms with Crippen molar-refractivity contribution in [2.75, 3.05) is 13.1 Å². The molecule has 0 saturated carbocycles. The minimum atomic E-state index is -4.43. The maximum Gasteiger partial charge on any atom is 0.432 e. The Hall–Kier alpha value is -3.19. The number of halogens is 3. The van der Waals surface area contributed by atoms with Gasteiger partial charge in [-0.2, -0.15) is 18.4 Å². The highest BCUT2D eigenvalue weighted by molar-refractivity contribution is 5.54. The van der Waals surface area contributed by atoms with Crippen LogP contribution in [0.4, 0.5) is 13.2 Å². The van der Waals surface area contributed by atoms with Crippen LogP contribution in [0, 0.1) is 11.3 Å². The van der Waals surface area contributed by atoms with Crippen molar-refractivity contribution >= 4 is 0 Å². The fourth-order valence-electron chi connectivity index (χ4n) is 3.42.